The smallest absolute Gasteiger partial charge is 0.271 e. The summed E-state index contributed by atoms with van der Waals surface area (Å²) >= 11 is 12.3. The van der Waals surface area contributed by atoms with Gasteiger partial charge in [0.2, 0.25) is 0 Å². The number of carbonyl (C=O) groups is 2. The van der Waals surface area contributed by atoms with Gasteiger partial charge in [0.05, 0.1) is 33.5 Å². The zero-order chi connectivity index (χ0) is 24.3. The van der Waals surface area contributed by atoms with Crippen LogP contribution >= 0.6 is 23.2 Å². The summed E-state index contributed by atoms with van der Waals surface area (Å²) in [6.07, 6.45) is 2.24. The number of pyridine rings is 1. The molecule has 0 saturated carbocycles. The number of benzene rings is 2. The highest BCUT2D eigenvalue weighted by Crippen LogP contribution is 2.33. The number of nitrogen functional groups attached to an aromatic ring is 1. The number of nitrogens with one attached hydrogen (secondary N) is 3. The van der Waals surface area contributed by atoms with E-state index in [0.29, 0.717) is 0 Å². The second kappa shape index (κ2) is 9.93. The molecule has 0 radical (unpaired) electrons. The first-order valence-corrected chi connectivity index (χ1v) is 10.2. The third-order valence-corrected chi connectivity index (χ3v) is 5.13. The molecule has 0 bridgehead atoms. The second-order valence-electron chi connectivity index (χ2n) is 6.98. The highest BCUT2D eigenvalue weighted by Gasteiger charge is 2.19. The molecule has 3 aromatic rings. The standard InChI is InChI=1S/C22H17Cl2F2N5O2/c1-10(8-27)30-22(33)20-17(24)5-12(9-29-20)31-21(32)15-7-18(26)14(6-16(15)23)13-3-2-11(25)4-19(13)28/h2-10,27H,28H2,1H3,(H,30,33)(H,31,32). The van der Waals surface area contributed by atoms with E-state index in [4.69, 9.17) is 34.3 Å². The predicted molar refractivity (Wildman–Crippen MR) is 124 cm³/mol. The van der Waals surface area contributed by atoms with Crippen molar-refractivity contribution in [2.45, 2.75) is 13.0 Å². The lowest BCUT2D eigenvalue weighted by atomic mass is 10.0. The summed E-state index contributed by atoms with van der Waals surface area (Å²) in [4.78, 5) is 28.7. The molecule has 33 heavy (non-hydrogen) atoms. The molecule has 170 valence electrons. The van der Waals surface area contributed by atoms with Crippen molar-refractivity contribution in [3.8, 4) is 11.1 Å². The predicted octanol–water partition coefficient (Wildman–Crippen LogP) is 4.94. The summed E-state index contributed by atoms with van der Waals surface area (Å²) < 4.78 is 28.0. The first-order chi connectivity index (χ1) is 15.6. The van der Waals surface area contributed by atoms with Crippen LogP contribution in [0, 0.1) is 17.0 Å². The van der Waals surface area contributed by atoms with Crippen molar-refractivity contribution in [1.82, 2.24) is 10.3 Å². The summed E-state index contributed by atoms with van der Waals surface area (Å²) in [6, 6.07) is 6.44. The fourth-order valence-electron chi connectivity index (χ4n) is 2.89. The minimum Gasteiger partial charge on any atom is -0.398 e. The molecule has 1 heterocycles. The molecule has 2 amide bonds. The van der Waals surface area contributed by atoms with Crippen molar-refractivity contribution in [3.63, 3.8) is 0 Å². The number of nitrogens with zero attached hydrogens (tertiary/aromatic N) is 1. The number of carbonyl (C=O) groups excluding carboxylic acids is 2. The maximum absolute atomic E-state index is 14.8. The van der Waals surface area contributed by atoms with Crippen LogP contribution in [0.2, 0.25) is 10.0 Å². The van der Waals surface area contributed by atoms with Gasteiger partial charge in [-0.1, -0.05) is 23.2 Å². The Morgan fingerprint density at radius 2 is 1.82 bits per heavy atom. The van der Waals surface area contributed by atoms with E-state index in [1.54, 1.807) is 6.92 Å². The van der Waals surface area contributed by atoms with E-state index in [-0.39, 0.29) is 43.8 Å². The lowest BCUT2D eigenvalue weighted by Crippen LogP contribution is -2.34. The Bertz CT molecular complexity index is 1270. The summed E-state index contributed by atoms with van der Waals surface area (Å²) in [7, 11) is 0. The van der Waals surface area contributed by atoms with E-state index >= 15 is 0 Å². The molecule has 1 atom stereocenters. The van der Waals surface area contributed by atoms with Crippen LogP contribution < -0.4 is 16.4 Å². The Balaban J connectivity index is 1.83. The Morgan fingerprint density at radius 3 is 2.45 bits per heavy atom. The second-order valence-corrected chi connectivity index (χ2v) is 7.80. The van der Waals surface area contributed by atoms with Crippen molar-refractivity contribution in [3.05, 3.63) is 75.5 Å². The maximum atomic E-state index is 14.8. The fourth-order valence-corrected chi connectivity index (χ4v) is 3.40. The Labute approximate surface area is 197 Å². The maximum Gasteiger partial charge on any atom is 0.271 e. The summed E-state index contributed by atoms with van der Waals surface area (Å²) in [5.74, 6) is -2.69. The monoisotopic (exact) mass is 491 g/mol. The van der Waals surface area contributed by atoms with E-state index < -0.39 is 29.5 Å². The average Bonchev–Trinajstić information content (AvgIpc) is 2.75. The lowest BCUT2D eigenvalue weighted by Gasteiger charge is -2.12. The number of rotatable bonds is 6. The zero-order valence-electron chi connectivity index (χ0n) is 17.0. The van der Waals surface area contributed by atoms with E-state index in [1.807, 2.05) is 0 Å². The molecule has 0 aliphatic rings. The van der Waals surface area contributed by atoms with E-state index in [1.165, 1.54) is 24.4 Å². The zero-order valence-corrected chi connectivity index (χ0v) is 18.6. The number of hydrogen-bond acceptors (Lipinski definition) is 5. The largest absolute Gasteiger partial charge is 0.398 e. The van der Waals surface area contributed by atoms with Crippen LogP contribution in [0.25, 0.3) is 11.1 Å². The van der Waals surface area contributed by atoms with Crippen molar-refractivity contribution >= 4 is 52.6 Å². The molecular weight excluding hydrogens is 475 g/mol. The van der Waals surface area contributed by atoms with Gasteiger partial charge in [-0.25, -0.2) is 13.8 Å². The van der Waals surface area contributed by atoms with Gasteiger partial charge in [-0.05, 0) is 43.3 Å². The van der Waals surface area contributed by atoms with E-state index in [9.17, 15) is 18.4 Å². The number of halogens is 4. The molecule has 1 aromatic heterocycles. The summed E-state index contributed by atoms with van der Waals surface area (Å²) in [5, 5.41) is 12.0. The molecule has 0 fully saturated rings. The normalized spacial score (nSPS) is 11.5. The van der Waals surface area contributed by atoms with Crippen LogP contribution in [0.5, 0.6) is 0 Å². The van der Waals surface area contributed by atoms with Gasteiger partial charge in [0.25, 0.3) is 11.8 Å². The minimum absolute atomic E-state index is 0.00767. The lowest BCUT2D eigenvalue weighted by molar-refractivity contribution is 0.0944. The Hall–Kier alpha value is -3.56. The Kier molecular flexibility index (Phi) is 7.25. The number of amides is 2. The molecule has 11 heteroatoms. The van der Waals surface area contributed by atoms with Gasteiger partial charge in [-0.15, -0.1) is 0 Å². The molecule has 2 aromatic carbocycles. The van der Waals surface area contributed by atoms with Crippen molar-refractivity contribution in [2.24, 2.45) is 0 Å². The third kappa shape index (κ3) is 5.44. The van der Waals surface area contributed by atoms with Crippen LogP contribution in [0.4, 0.5) is 20.2 Å². The molecule has 0 spiro atoms. The summed E-state index contributed by atoms with van der Waals surface area (Å²) in [6.45, 7) is 1.60. The first-order valence-electron chi connectivity index (χ1n) is 9.43. The van der Waals surface area contributed by atoms with Crippen LogP contribution in [-0.4, -0.2) is 29.1 Å². The highest BCUT2D eigenvalue weighted by atomic mass is 35.5. The minimum atomic E-state index is -0.786. The van der Waals surface area contributed by atoms with E-state index in [0.717, 1.165) is 24.4 Å². The fraction of sp³-hybridized carbons (Fsp3) is 0.0909. The molecule has 0 aliphatic heterocycles. The quantitative estimate of drug-likeness (QED) is 0.288. The van der Waals surface area contributed by atoms with Gasteiger partial charge >= 0.3 is 0 Å². The number of aromatic nitrogens is 1. The van der Waals surface area contributed by atoms with Crippen LogP contribution in [0.1, 0.15) is 27.8 Å². The molecule has 7 nitrogen and oxygen atoms in total. The van der Waals surface area contributed by atoms with Crippen molar-refractivity contribution in [2.75, 3.05) is 11.1 Å². The highest BCUT2D eigenvalue weighted by molar-refractivity contribution is 6.35. The first kappa shape index (κ1) is 24.1. The third-order valence-electron chi connectivity index (χ3n) is 4.53. The van der Waals surface area contributed by atoms with Gasteiger partial charge in [0.15, 0.2) is 0 Å². The Morgan fingerprint density at radius 1 is 1.09 bits per heavy atom. The SMILES string of the molecule is CC(C=N)NC(=O)c1ncc(NC(=O)c2cc(F)c(-c3ccc(F)cc3N)cc2Cl)cc1Cl. The number of nitrogens with two attached hydrogens (primary N) is 1. The number of anilines is 2. The average molecular weight is 492 g/mol. The van der Waals surface area contributed by atoms with Crippen LogP contribution in [-0.2, 0) is 0 Å². The summed E-state index contributed by atoms with van der Waals surface area (Å²) in [5.41, 5.74) is 5.90. The van der Waals surface area contributed by atoms with Gasteiger partial charge in [-0.2, -0.15) is 0 Å². The van der Waals surface area contributed by atoms with Crippen LogP contribution in [0.3, 0.4) is 0 Å². The molecule has 3 rings (SSSR count). The van der Waals surface area contributed by atoms with Crippen molar-refractivity contribution < 1.29 is 18.4 Å². The van der Waals surface area contributed by atoms with Gasteiger partial charge in [0, 0.05) is 23.0 Å². The molecule has 0 saturated heterocycles. The topological polar surface area (TPSA) is 121 Å². The van der Waals surface area contributed by atoms with E-state index in [2.05, 4.69) is 15.6 Å². The molecule has 5 N–H and O–H groups in total. The van der Waals surface area contributed by atoms with Crippen molar-refractivity contribution in [1.29, 1.82) is 5.41 Å². The molecular formula is C22H17Cl2F2N5O2. The van der Waals surface area contributed by atoms with Crippen LogP contribution in [0.15, 0.2) is 42.6 Å². The number of hydrogen-bond donors (Lipinski definition) is 4. The molecule has 1 unspecified atom stereocenters. The van der Waals surface area contributed by atoms with Gasteiger partial charge in [-0.3, -0.25) is 9.59 Å². The molecule has 0 aliphatic carbocycles. The van der Waals surface area contributed by atoms with Gasteiger partial charge in [0.1, 0.15) is 17.3 Å². The van der Waals surface area contributed by atoms with Gasteiger partial charge < -0.3 is 21.8 Å².